The second-order valence-electron chi connectivity index (χ2n) is 4.15. The molecule has 0 aromatic carbocycles. The Hall–Kier alpha value is -0.770. The Bertz CT molecular complexity index is 196. The van der Waals surface area contributed by atoms with Crippen LogP contribution in [-0.4, -0.2) is 36.5 Å². The van der Waals surface area contributed by atoms with Gasteiger partial charge in [-0.1, -0.05) is 0 Å². The largest absolute Gasteiger partial charge is 0.444 e. The van der Waals surface area contributed by atoms with E-state index in [9.17, 15) is 4.79 Å². The van der Waals surface area contributed by atoms with Crippen LogP contribution >= 0.6 is 0 Å². The van der Waals surface area contributed by atoms with Crippen molar-refractivity contribution in [3.05, 3.63) is 0 Å². The lowest BCUT2D eigenvalue weighted by molar-refractivity contribution is -0.0999. The first-order valence-electron chi connectivity index (χ1n) is 4.46. The molecule has 1 aliphatic rings. The van der Waals surface area contributed by atoms with Crippen molar-refractivity contribution in [2.75, 3.05) is 13.7 Å². The predicted molar refractivity (Wildman–Crippen MR) is 48.4 cm³/mol. The lowest BCUT2D eigenvalue weighted by atomic mass is 10.2. The molecular formula is C9H17NO3. The highest BCUT2D eigenvalue weighted by molar-refractivity contribution is 5.69. The molecule has 4 heteroatoms. The van der Waals surface area contributed by atoms with Gasteiger partial charge in [-0.15, -0.1) is 0 Å². The Labute approximate surface area is 78.8 Å². The molecule has 0 aromatic heterocycles. The van der Waals surface area contributed by atoms with Crippen LogP contribution in [0.5, 0.6) is 0 Å². The highest BCUT2D eigenvalue weighted by atomic mass is 16.6. The number of methoxy groups -OCH3 is 1. The molecular weight excluding hydrogens is 170 g/mol. The van der Waals surface area contributed by atoms with E-state index >= 15 is 0 Å². The summed E-state index contributed by atoms with van der Waals surface area (Å²) < 4.78 is 10.2. The highest BCUT2D eigenvalue weighted by Gasteiger charge is 2.35. The third-order valence-corrected chi connectivity index (χ3v) is 1.86. The number of carbonyl (C=O) groups excluding carboxylic acids is 1. The van der Waals surface area contributed by atoms with Crippen LogP contribution in [0.25, 0.3) is 0 Å². The smallest absolute Gasteiger partial charge is 0.412 e. The highest BCUT2D eigenvalue weighted by Crippen LogP contribution is 2.21. The molecule has 1 saturated heterocycles. The summed E-state index contributed by atoms with van der Waals surface area (Å²) in [5.74, 6) is 0. The van der Waals surface area contributed by atoms with Crippen molar-refractivity contribution >= 4 is 6.09 Å². The number of hydrogen-bond acceptors (Lipinski definition) is 3. The lowest BCUT2D eigenvalue weighted by Crippen LogP contribution is -2.53. The Kier molecular flexibility index (Phi) is 2.81. The first-order valence-corrected chi connectivity index (χ1v) is 4.46. The molecule has 0 spiro atoms. The maximum absolute atomic E-state index is 11.4. The Morgan fingerprint density at radius 3 is 2.38 bits per heavy atom. The molecule has 0 bridgehead atoms. The van der Waals surface area contributed by atoms with Crippen molar-refractivity contribution < 1.29 is 14.3 Å². The number of hydrogen-bond donors (Lipinski definition) is 0. The maximum Gasteiger partial charge on any atom is 0.412 e. The van der Waals surface area contributed by atoms with E-state index < -0.39 is 5.60 Å². The quantitative estimate of drug-likeness (QED) is 0.626. The van der Waals surface area contributed by atoms with Gasteiger partial charge in [0.25, 0.3) is 0 Å². The summed E-state index contributed by atoms with van der Waals surface area (Å²) in [6, 6.07) is 0. The maximum atomic E-state index is 11.4. The fourth-order valence-corrected chi connectivity index (χ4v) is 1.14. The minimum Gasteiger partial charge on any atom is -0.444 e. The number of amides is 1. The molecule has 0 aliphatic carbocycles. The second-order valence-corrected chi connectivity index (χ2v) is 4.15. The van der Waals surface area contributed by atoms with Crippen molar-refractivity contribution in [3.8, 4) is 0 Å². The Morgan fingerprint density at radius 1 is 1.46 bits per heavy atom. The SMILES string of the molecule is CO[C@@H]1CCN1C(=O)OC(C)(C)C. The van der Waals surface area contributed by atoms with Crippen LogP contribution in [0.3, 0.4) is 0 Å². The lowest BCUT2D eigenvalue weighted by Gasteiger charge is -2.39. The van der Waals surface area contributed by atoms with E-state index in [4.69, 9.17) is 9.47 Å². The molecule has 4 nitrogen and oxygen atoms in total. The second kappa shape index (κ2) is 3.54. The van der Waals surface area contributed by atoms with E-state index in [2.05, 4.69) is 0 Å². The average Bonchev–Trinajstić information content (AvgIpc) is 1.80. The number of nitrogens with zero attached hydrogens (tertiary/aromatic N) is 1. The number of carbonyl (C=O) groups is 1. The van der Waals surface area contributed by atoms with Crippen molar-refractivity contribution in [1.29, 1.82) is 0 Å². The Balaban J connectivity index is 2.40. The molecule has 1 amide bonds. The molecule has 1 atom stereocenters. The van der Waals surface area contributed by atoms with E-state index in [0.29, 0.717) is 0 Å². The number of ether oxygens (including phenoxy) is 2. The zero-order chi connectivity index (χ0) is 10.1. The molecule has 0 unspecified atom stereocenters. The zero-order valence-corrected chi connectivity index (χ0v) is 8.66. The molecule has 13 heavy (non-hydrogen) atoms. The van der Waals surface area contributed by atoms with Gasteiger partial charge in [-0.3, -0.25) is 4.90 Å². The van der Waals surface area contributed by atoms with Crippen LogP contribution in [0, 0.1) is 0 Å². The van der Waals surface area contributed by atoms with Crippen LogP contribution in [0.1, 0.15) is 27.2 Å². The predicted octanol–water partition coefficient (Wildman–Crippen LogP) is 1.60. The number of rotatable bonds is 1. The van der Waals surface area contributed by atoms with Crippen molar-refractivity contribution in [1.82, 2.24) is 4.90 Å². The normalized spacial score (nSPS) is 22.5. The third kappa shape index (κ3) is 2.59. The van der Waals surface area contributed by atoms with Gasteiger partial charge < -0.3 is 9.47 Å². The first-order chi connectivity index (χ1) is 5.94. The summed E-state index contributed by atoms with van der Waals surface area (Å²) in [4.78, 5) is 13.0. The molecule has 1 aliphatic heterocycles. The summed E-state index contributed by atoms with van der Waals surface area (Å²) in [5, 5.41) is 0. The molecule has 0 N–H and O–H groups in total. The van der Waals surface area contributed by atoms with Gasteiger partial charge in [0, 0.05) is 20.1 Å². The van der Waals surface area contributed by atoms with Gasteiger partial charge in [0.2, 0.25) is 0 Å². The number of likely N-dealkylation sites (tertiary alicyclic amines) is 1. The minimum atomic E-state index is -0.426. The van der Waals surface area contributed by atoms with Gasteiger partial charge in [-0.2, -0.15) is 0 Å². The van der Waals surface area contributed by atoms with Crippen molar-refractivity contribution in [2.24, 2.45) is 0 Å². The topological polar surface area (TPSA) is 38.8 Å². The average molecular weight is 187 g/mol. The van der Waals surface area contributed by atoms with Gasteiger partial charge in [-0.05, 0) is 20.8 Å². The zero-order valence-electron chi connectivity index (χ0n) is 8.66. The van der Waals surface area contributed by atoms with Crippen LogP contribution in [-0.2, 0) is 9.47 Å². The molecule has 1 rings (SSSR count). The summed E-state index contributed by atoms with van der Waals surface area (Å²) >= 11 is 0. The fraction of sp³-hybridized carbons (Fsp3) is 0.889. The monoisotopic (exact) mass is 187 g/mol. The summed E-state index contributed by atoms with van der Waals surface area (Å²) in [7, 11) is 1.60. The van der Waals surface area contributed by atoms with Gasteiger partial charge in [0.05, 0.1) is 0 Å². The summed E-state index contributed by atoms with van der Waals surface area (Å²) in [6.07, 6.45) is 0.524. The molecule has 1 heterocycles. The van der Waals surface area contributed by atoms with Gasteiger partial charge >= 0.3 is 6.09 Å². The fourth-order valence-electron chi connectivity index (χ4n) is 1.14. The van der Waals surface area contributed by atoms with Crippen LogP contribution < -0.4 is 0 Å². The van der Waals surface area contributed by atoms with E-state index in [1.54, 1.807) is 12.0 Å². The molecule has 0 saturated carbocycles. The van der Waals surface area contributed by atoms with E-state index in [0.717, 1.165) is 13.0 Å². The van der Waals surface area contributed by atoms with Crippen LogP contribution in [0.15, 0.2) is 0 Å². The molecule has 1 fully saturated rings. The Morgan fingerprint density at radius 2 is 2.08 bits per heavy atom. The van der Waals surface area contributed by atoms with Crippen LogP contribution in [0.4, 0.5) is 4.79 Å². The third-order valence-electron chi connectivity index (χ3n) is 1.86. The van der Waals surface area contributed by atoms with Crippen molar-refractivity contribution in [2.45, 2.75) is 39.0 Å². The van der Waals surface area contributed by atoms with Crippen molar-refractivity contribution in [3.63, 3.8) is 0 Å². The van der Waals surface area contributed by atoms with E-state index in [1.807, 2.05) is 20.8 Å². The summed E-state index contributed by atoms with van der Waals surface area (Å²) in [6.45, 7) is 6.29. The van der Waals surface area contributed by atoms with E-state index in [-0.39, 0.29) is 12.3 Å². The molecule has 0 radical (unpaired) electrons. The molecule has 76 valence electrons. The summed E-state index contributed by atoms with van der Waals surface area (Å²) in [5.41, 5.74) is -0.426. The standard InChI is InChI=1S/C9H17NO3/c1-9(2,3)13-8(11)10-6-5-7(10)12-4/h7H,5-6H2,1-4H3/t7-/m1/s1. The molecule has 0 aromatic rings. The van der Waals surface area contributed by atoms with Gasteiger partial charge in [-0.25, -0.2) is 4.79 Å². The van der Waals surface area contributed by atoms with Gasteiger partial charge in [0.15, 0.2) is 0 Å². The van der Waals surface area contributed by atoms with Crippen LogP contribution in [0.2, 0.25) is 0 Å². The minimum absolute atomic E-state index is 0.0881. The first kappa shape index (κ1) is 10.3. The van der Waals surface area contributed by atoms with Gasteiger partial charge in [0.1, 0.15) is 11.8 Å². The van der Waals surface area contributed by atoms with E-state index in [1.165, 1.54) is 0 Å².